The van der Waals surface area contributed by atoms with Crippen molar-refractivity contribution in [2.75, 3.05) is 4.90 Å². The number of aromatic nitrogens is 1. The zero-order valence-electron chi connectivity index (χ0n) is 15.3. The van der Waals surface area contributed by atoms with Crippen LogP contribution in [0.1, 0.15) is 17.2 Å². The average Bonchev–Trinajstić information content (AvgIpc) is 3.01. The summed E-state index contributed by atoms with van der Waals surface area (Å²) in [5, 5.41) is 20.7. The molecule has 1 atom stereocenters. The van der Waals surface area contributed by atoms with Crippen molar-refractivity contribution >= 4 is 23.1 Å². The first-order chi connectivity index (χ1) is 14.4. The number of carbonyl (C=O) groups is 2. The molecule has 2 aromatic carbocycles. The fourth-order valence-corrected chi connectivity index (χ4v) is 3.41. The standard InChI is InChI=1S/C22H14F2N2O4/c23-16-5-4-14(11-17(16)24)26-19(13-2-1-3-15(27)10-13)18(21(29)22(26)30)20(28)12-6-8-25-9-7-12/h1-11,19,27-28H/b20-18+. The fraction of sp³-hybridized carbons (Fsp3) is 0.0455. The molecule has 30 heavy (non-hydrogen) atoms. The zero-order chi connectivity index (χ0) is 21.4. The van der Waals surface area contributed by atoms with E-state index in [2.05, 4.69) is 4.98 Å². The van der Waals surface area contributed by atoms with Gasteiger partial charge in [0, 0.05) is 29.7 Å². The highest BCUT2D eigenvalue weighted by atomic mass is 19.2. The van der Waals surface area contributed by atoms with E-state index in [0.29, 0.717) is 5.56 Å². The molecular weight excluding hydrogens is 394 g/mol. The molecule has 150 valence electrons. The second kappa shape index (κ2) is 7.40. The van der Waals surface area contributed by atoms with Gasteiger partial charge in [0.15, 0.2) is 11.6 Å². The Kier molecular flexibility index (Phi) is 4.75. The number of pyridine rings is 1. The van der Waals surface area contributed by atoms with Gasteiger partial charge in [0.1, 0.15) is 11.5 Å². The van der Waals surface area contributed by atoms with Crippen LogP contribution in [0.3, 0.4) is 0 Å². The summed E-state index contributed by atoms with van der Waals surface area (Å²) in [6.45, 7) is 0. The number of halogens is 2. The molecule has 1 aliphatic heterocycles. The monoisotopic (exact) mass is 408 g/mol. The Labute approximate surface area is 169 Å². The number of aliphatic hydroxyl groups is 1. The number of anilines is 1. The summed E-state index contributed by atoms with van der Waals surface area (Å²) in [5.74, 6) is -4.91. The number of phenolic OH excluding ortho intramolecular Hbond substituents is 1. The molecule has 1 fully saturated rings. The third kappa shape index (κ3) is 3.18. The second-order valence-corrected chi connectivity index (χ2v) is 6.60. The number of hydrogen-bond acceptors (Lipinski definition) is 5. The first-order valence-electron chi connectivity index (χ1n) is 8.84. The summed E-state index contributed by atoms with van der Waals surface area (Å²) in [5.41, 5.74) is 0.229. The third-order valence-electron chi connectivity index (χ3n) is 4.77. The van der Waals surface area contributed by atoms with Gasteiger partial charge < -0.3 is 10.2 Å². The van der Waals surface area contributed by atoms with E-state index < -0.39 is 35.1 Å². The van der Waals surface area contributed by atoms with Crippen LogP contribution >= 0.6 is 0 Å². The van der Waals surface area contributed by atoms with E-state index in [-0.39, 0.29) is 22.6 Å². The van der Waals surface area contributed by atoms with E-state index in [0.717, 1.165) is 23.1 Å². The smallest absolute Gasteiger partial charge is 0.300 e. The van der Waals surface area contributed by atoms with Crippen LogP contribution in [0, 0.1) is 11.6 Å². The van der Waals surface area contributed by atoms with Crippen LogP contribution in [0.2, 0.25) is 0 Å². The predicted octanol–water partition coefficient (Wildman–Crippen LogP) is 3.69. The molecule has 1 aromatic heterocycles. The van der Waals surface area contributed by atoms with Gasteiger partial charge in [-0.3, -0.25) is 19.5 Å². The minimum absolute atomic E-state index is 0.0712. The van der Waals surface area contributed by atoms with Gasteiger partial charge in [-0.1, -0.05) is 12.1 Å². The van der Waals surface area contributed by atoms with E-state index in [4.69, 9.17) is 0 Å². The maximum Gasteiger partial charge on any atom is 0.300 e. The normalized spacial score (nSPS) is 18.1. The van der Waals surface area contributed by atoms with Crippen LogP contribution in [0.25, 0.3) is 5.76 Å². The minimum atomic E-state index is -1.20. The van der Waals surface area contributed by atoms with Crippen LogP contribution in [0.4, 0.5) is 14.5 Å². The number of Topliss-reactive ketones (excluding diaryl/α,β-unsaturated/α-hetero) is 1. The molecule has 0 spiro atoms. The predicted molar refractivity (Wildman–Crippen MR) is 103 cm³/mol. The molecule has 6 nitrogen and oxygen atoms in total. The lowest BCUT2D eigenvalue weighted by Crippen LogP contribution is -2.29. The van der Waals surface area contributed by atoms with E-state index >= 15 is 0 Å². The van der Waals surface area contributed by atoms with Gasteiger partial charge in [0.2, 0.25) is 0 Å². The van der Waals surface area contributed by atoms with E-state index in [1.807, 2.05) is 0 Å². The van der Waals surface area contributed by atoms with Gasteiger partial charge in [-0.25, -0.2) is 8.78 Å². The van der Waals surface area contributed by atoms with E-state index in [1.54, 1.807) is 6.07 Å². The van der Waals surface area contributed by atoms with Crippen molar-refractivity contribution in [3.8, 4) is 5.75 Å². The number of aliphatic hydroxyl groups excluding tert-OH is 1. The Morgan fingerprint density at radius 2 is 1.70 bits per heavy atom. The molecule has 0 aliphatic carbocycles. The van der Waals surface area contributed by atoms with Crippen molar-refractivity contribution in [2.45, 2.75) is 6.04 Å². The molecule has 4 rings (SSSR count). The molecule has 1 amide bonds. The summed E-state index contributed by atoms with van der Waals surface area (Å²) in [4.78, 5) is 30.5. The highest BCUT2D eigenvalue weighted by Crippen LogP contribution is 2.42. The van der Waals surface area contributed by atoms with Crippen molar-refractivity contribution < 1.29 is 28.6 Å². The summed E-state index contributed by atoms with van der Waals surface area (Å²) < 4.78 is 27.3. The van der Waals surface area contributed by atoms with Gasteiger partial charge in [-0.2, -0.15) is 0 Å². The summed E-state index contributed by atoms with van der Waals surface area (Å²) in [6, 6.07) is 10.3. The third-order valence-corrected chi connectivity index (χ3v) is 4.77. The van der Waals surface area contributed by atoms with Crippen molar-refractivity contribution in [1.82, 2.24) is 4.98 Å². The number of benzene rings is 2. The number of phenols is 1. The van der Waals surface area contributed by atoms with E-state index in [1.165, 1.54) is 42.7 Å². The number of rotatable bonds is 3. The molecule has 1 unspecified atom stereocenters. The van der Waals surface area contributed by atoms with Crippen LogP contribution in [0.5, 0.6) is 5.75 Å². The Morgan fingerprint density at radius 1 is 0.967 bits per heavy atom. The number of carbonyl (C=O) groups excluding carboxylic acids is 2. The molecule has 8 heteroatoms. The van der Waals surface area contributed by atoms with Crippen LogP contribution in [0.15, 0.2) is 72.6 Å². The quantitative estimate of drug-likeness (QED) is 0.392. The van der Waals surface area contributed by atoms with Crippen molar-refractivity contribution in [1.29, 1.82) is 0 Å². The highest BCUT2D eigenvalue weighted by Gasteiger charge is 2.47. The molecule has 2 N–H and O–H groups in total. The lowest BCUT2D eigenvalue weighted by Gasteiger charge is -2.25. The molecule has 2 heterocycles. The summed E-state index contributed by atoms with van der Waals surface area (Å²) >= 11 is 0. The zero-order valence-corrected chi connectivity index (χ0v) is 15.3. The fourth-order valence-electron chi connectivity index (χ4n) is 3.41. The lowest BCUT2D eigenvalue weighted by atomic mass is 9.95. The Bertz CT molecular complexity index is 1190. The molecule has 1 saturated heterocycles. The molecule has 1 aliphatic rings. The van der Waals surface area contributed by atoms with Gasteiger partial charge in [0.25, 0.3) is 11.7 Å². The maximum atomic E-state index is 13.9. The molecule has 0 saturated carbocycles. The largest absolute Gasteiger partial charge is 0.508 e. The van der Waals surface area contributed by atoms with Gasteiger partial charge in [-0.05, 0) is 42.0 Å². The second-order valence-electron chi connectivity index (χ2n) is 6.60. The van der Waals surface area contributed by atoms with Gasteiger partial charge in [-0.15, -0.1) is 0 Å². The van der Waals surface area contributed by atoms with Crippen molar-refractivity contribution in [3.63, 3.8) is 0 Å². The number of nitrogens with zero attached hydrogens (tertiary/aromatic N) is 2. The number of aromatic hydroxyl groups is 1. The number of ketones is 1. The van der Waals surface area contributed by atoms with Crippen LogP contribution < -0.4 is 4.90 Å². The first kappa shape index (κ1) is 19.3. The van der Waals surface area contributed by atoms with Crippen LogP contribution in [-0.4, -0.2) is 26.9 Å². The van der Waals surface area contributed by atoms with Crippen LogP contribution in [-0.2, 0) is 9.59 Å². The topological polar surface area (TPSA) is 90.7 Å². The SMILES string of the molecule is O=C1C(=O)N(c2ccc(F)c(F)c2)C(c2cccc(O)c2)/C1=C(\O)c1ccncc1. The highest BCUT2D eigenvalue weighted by molar-refractivity contribution is 6.51. The molecule has 0 bridgehead atoms. The molecule has 0 radical (unpaired) electrons. The average molecular weight is 408 g/mol. The van der Waals surface area contributed by atoms with Gasteiger partial charge in [0.05, 0.1) is 11.6 Å². The van der Waals surface area contributed by atoms with Crippen molar-refractivity contribution in [3.05, 3.63) is 95.3 Å². The Hall–Kier alpha value is -4.07. The number of hydrogen-bond donors (Lipinski definition) is 2. The summed E-state index contributed by atoms with van der Waals surface area (Å²) in [6.07, 6.45) is 2.81. The number of amides is 1. The maximum absolute atomic E-state index is 13.9. The lowest BCUT2D eigenvalue weighted by molar-refractivity contribution is -0.132. The Balaban J connectivity index is 1.97. The first-order valence-corrected chi connectivity index (χ1v) is 8.84. The molecular formula is C22H14F2N2O4. The van der Waals surface area contributed by atoms with Crippen molar-refractivity contribution in [2.24, 2.45) is 0 Å². The Morgan fingerprint density at radius 3 is 2.37 bits per heavy atom. The summed E-state index contributed by atoms with van der Waals surface area (Å²) in [7, 11) is 0. The van der Waals surface area contributed by atoms with Gasteiger partial charge >= 0.3 is 0 Å². The van der Waals surface area contributed by atoms with E-state index in [9.17, 15) is 28.6 Å². The molecule has 3 aromatic rings. The minimum Gasteiger partial charge on any atom is -0.508 e.